The summed E-state index contributed by atoms with van der Waals surface area (Å²) in [6, 6.07) is 12.3. The largest absolute Gasteiger partial charge is 0.481 e. The molecule has 0 radical (unpaired) electrons. The van der Waals surface area contributed by atoms with Crippen molar-refractivity contribution in [2.24, 2.45) is 0 Å². The van der Waals surface area contributed by atoms with Crippen LogP contribution in [-0.2, 0) is 11.3 Å². The van der Waals surface area contributed by atoms with Gasteiger partial charge in [0.2, 0.25) is 0 Å². The number of benzene rings is 1. The fourth-order valence-electron chi connectivity index (χ4n) is 2.69. The Balaban J connectivity index is 1.77. The minimum absolute atomic E-state index is 0.106. The standard InChI is InChI=1S/C16H18N2O2S/c19-16(20)9-14-11-21-8-7-18(14)10-13-6-5-12-3-1-2-4-15(12)17-13/h1-6,14H,7-11H2,(H,19,20). The van der Waals surface area contributed by atoms with Crippen LogP contribution in [0.15, 0.2) is 36.4 Å². The Morgan fingerprint density at radius 2 is 2.19 bits per heavy atom. The Morgan fingerprint density at radius 1 is 1.33 bits per heavy atom. The molecule has 21 heavy (non-hydrogen) atoms. The van der Waals surface area contributed by atoms with E-state index in [-0.39, 0.29) is 12.5 Å². The van der Waals surface area contributed by atoms with E-state index in [1.165, 1.54) is 0 Å². The summed E-state index contributed by atoms with van der Waals surface area (Å²) in [6.07, 6.45) is 0.209. The third-order valence-electron chi connectivity index (χ3n) is 3.78. The summed E-state index contributed by atoms with van der Waals surface area (Å²) in [5.74, 6) is 1.22. The molecule has 1 aliphatic rings. The first-order chi connectivity index (χ1) is 10.2. The number of thioether (sulfide) groups is 1. The average molecular weight is 302 g/mol. The van der Waals surface area contributed by atoms with Gasteiger partial charge in [-0.05, 0) is 12.1 Å². The molecular formula is C16H18N2O2S. The first-order valence-electron chi connectivity index (χ1n) is 7.10. The summed E-state index contributed by atoms with van der Waals surface area (Å²) >= 11 is 1.84. The molecule has 1 aliphatic heterocycles. The molecule has 110 valence electrons. The minimum atomic E-state index is -0.723. The molecule has 0 aliphatic carbocycles. The maximum Gasteiger partial charge on any atom is 0.304 e. The lowest BCUT2D eigenvalue weighted by molar-refractivity contribution is -0.138. The van der Waals surface area contributed by atoms with Crippen LogP contribution in [0.1, 0.15) is 12.1 Å². The van der Waals surface area contributed by atoms with Crippen LogP contribution in [0.2, 0.25) is 0 Å². The van der Waals surface area contributed by atoms with Crippen molar-refractivity contribution in [3.63, 3.8) is 0 Å². The Morgan fingerprint density at radius 3 is 3.05 bits per heavy atom. The number of fused-ring (bicyclic) bond motifs is 1. The number of carboxylic acid groups (broad SMARTS) is 1. The Kier molecular flexibility index (Phi) is 4.41. The molecule has 1 saturated heterocycles. The fourth-order valence-corrected chi connectivity index (χ4v) is 3.82. The monoisotopic (exact) mass is 302 g/mol. The molecule has 1 aromatic carbocycles. The van der Waals surface area contributed by atoms with Crippen LogP contribution < -0.4 is 0 Å². The molecule has 1 atom stereocenters. The third kappa shape index (κ3) is 3.54. The van der Waals surface area contributed by atoms with Crippen molar-refractivity contribution in [2.45, 2.75) is 19.0 Å². The van der Waals surface area contributed by atoms with Gasteiger partial charge in [0.25, 0.3) is 0 Å². The van der Waals surface area contributed by atoms with Gasteiger partial charge >= 0.3 is 5.97 Å². The first kappa shape index (κ1) is 14.4. The molecule has 1 aromatic heterocycles. The van der Waals surface area contributed by atoms with Gasteiger partial charge in [0.15, 0.2) is 0 Å². The van der Waals surface area contributed by atoms with Crippen molar-refractivity contribution < 1.29 is 9.90 Å². The number of carbonyl (C=O) groups is 1. The molecular weight excluding hydrogens is 284 g/mol. The maximum absolute atomic E-state index is 11.0. The van der Waals surface area contributed by atoms with Crippen molar-refractivity contribution in [2.75, 3.05) is 18.1 Å². The number of aliphatic carboxylic acids is 1. The van der Waals surface area contributed by atoms with E-state index in [1.807, 2.05) is 36.0 Å². The van der Waals surface area contributed by atoms with E-state index in [2.05, 4.69) is 22.0 Å². The van der Waals surface area contributed by atoms with Gasteiger partial charge in [-0.3, -0.25) is 14.7 Å². The van der Waals surface area contributed by atoms with E-state index in [4.69, 9.17) is 5.11 Å². The second-order valence-electron chi connectivity index (χ2n) is 5.29. The summed E-state index contributed by atoms with van der Waals surface area (Å²) in [5.41, 5.74) is 2.01. The molecule has 1 N–H and O–H groups in total. The van der Waals surface area contributed by atoms with Gasteiger partial charge in [-0.15, -0.1) is 0 Å². The predicted molar refractivity (Wildman–Crippen MR) is 85.5 cm³/mol. The van der Waals surface area contributed by atoms with Crippen LogP contribution in [0.4, 0.5) is 0 Å². The van der Waals surface area contributed by atoms with Gasteiger partial charge in [0.05, 0.1) is 17.6 Å². The highest BCUT2D eigenvalue weighted by atomic mass is 32.2. The molecule has 1 fully saturated rings. The topological polar surface area (TPSA) is 53.4 Å². The second-order valence-corrected chi connectivity index (χ2v) is 6.44. The van der Waals surface area contributed by atoms with Crippen molar-refractivity contribution >= 4 is 28.6 Å². The van der Waals surface area contributed by atoms with E-state index in [0.717, 1.165) is 41.2 Å². The van der Waals surface area contributed by atoms with Crippen molar-refractivity contribution in [3.05, 3.63) is 42.1 Å². The maximum atomic E-state index is 11.0. The molecule has 0 saturated carbocycles. The Bertz CT molecular complexity index is 647. The van der Waals surface area contributed by atoms with E-state index >= 15 is 0 Å². The fraction of sp³-hybridized carbons (Fsp3) is 0.375. The van der Waals surface area contributed by atoms with Gasteiger partial charge in [-0.25, -0.2) is 0 Å². The molecule has 2 aromatic rings. The van der Waals surface area contributed by atoms with Crippen molar-refractivity contribution in [3.8, 4) is 0 Å². The molecule has 0 bridgehead atoms. The van der Waals surface area contributed by atoms with Crippen LogP contribution in [-0.4, -0.2) is 45.1 Å². The number of nitrogens with zero attached hydrogens (tertiary/aromatic N) is 2. The van der Waals surface area contributed by atoms with Gasteiger partial charge in [0, 0.05) is 36.0 Å². The summed E-state index contributed by atoms with van der Waals surface area (Å²) in [6.45, 7) is 1.65. The molecule has 2 heterocycles. The molecule has 0 spiro atoms. The Labute approximate surface area is 128 Å². The molecule has 0 amide bonds. The van der Waals surface area contributed by atoms with Gasteiger partial charge in [-0.2, -0.15) is 11.8 Å². The highest BCUT2D eigenvalue weighted by Gasteiger charge is 2.25. The lowest BCUT2D eigenvalue weighted by atomic mass is 10.1. The minimum Gasteiger partial charge on any atom is -0.481 e. The lowest BCUT2D eigenvalue weighted by Crippen LogP contribution is -2.43. The zero-order chi connectivity index (χ0) is 14.7. The highest BCUT2D eigenvalue weighted by Crippen LogP contribution is 2.21. The SMILES string of the molecule is O=C(O)CC1CSCCN1Cc1ccc2ccccc2n1. The number of pyridine rings is 1. The van der Waals surface area contributed by atoms with Crippen LogP contribution in [0.25, 0.3) is 10.9 Å². The molecule has 5 heteroatoms. The predicted octanol–water partition coefficient (Wildman–Crippen LogP) is 2.63. The normalized spacial score (nSPS) is 19.7. The zero-order valence-electron chi connectivity index (χ0n) is 11.7. The average Bonchev–Trinajstić information content (AvgIpc) is 2.49. The number of hydrogen-bond acceptors (Lipinski definition) is 4. The van der Waals surface area contributed by atoms with Crippen LogP contribution >= 0.6 is 11.8 Å². The summed E-state index contributed by atoms with van der Waals surface area (Å²) < 4.78 is 0. The second kappa shape index (κ2) is 6.45. The molecule has 4 nitrogen and oxygen atoms in total. The summed E-state index contributed by atoms with van der Waals surface area (Å²) in [4.78, 5) is 17.9. The quantitative estimate of drug-likeness (QED) is 0.941. The number of para-hydroxylation sites is 1. The number of hydrogen-bond donors (Lipinski definition) is 1. The first-order valence-corrected chi connectivity index (χ1v) is 8.26. The summed E-state index contributed by atoms with van der Waals surface area (Å²) in [5, 5.41) is 10.2. The number of rotatable bonds is 4. The number of carboxylic acids is 1. The van der Waals surface area contributed by atoms with Crippen LogP contribution in [0.3, 0.4) is 0 Å². The van der Waals surface area contributed by atoms with Crippen molar-refractivity contribution in [1.29, 1.82) is 0 Å². The Hall–Kier alpha value is -1.59. The van der Waals surface area contributed by atoms with Crippen molar-refractivity contribution in [1.82, 2.24) is 9.88 Å². The van der Waals surface area contributed by atoms with E-state index < -0.39 is 5.97 Å². The van der Waals surface area contributed by atoms with Crippen LogP contribution in [0, 0.1) is 0 Å². The summed E-state index contributed by atoms with van der Waals surface area (Å²) in [7, 11) is 0. The smallest absolute Gasteiger partial charge is 0.304 e. The molecule has 3 rings (SSSR count). The van der Waals surface area contributed by atoms with E-state index in [0.29, 0.717) is 0 Å². The molecule has 1 unspecified atom stereocenters. The highest BCUT2D eigenvalue weighted by molar-refractivity contribution is 7.99. The van der Waals surface area contributed by atoms with Gasteiger partial charge in [-0.1, -0.05) is 24.3 Å². The van der Waals surface area contributed by atoms with Crippen LogP contribution in [0.5, 0.6) is 0 Å². The third-order valence-corrected chi connectivity index (χ3v) is 4.87. The lowest BCUT2D eigenvalue weighted by Gasteiger charge is -2.34. The van der Waals surface area contributed by atoms with Gasteiger partial charge in [0.1, 0.15) is 0 Å². The zero-order valence-corrected chi connectivity index (χ0v) is 12.6. The van der Waals surface area contributed by atoms with E-state index in [1.54, 1.807) is 0 Å². The van der Waals surface area contributed by atoms with Gasteiger partial charge < -0.3 is 5.11 Å². The number of aromatic nitrogens is 1. The van der Waals surface area contributed by atoms with E-state index in [9.17, 15) is 4.79 Å².